The van der Waals surface area contributed by atoms with Gasteiger partial charge in [0.15, 0.2) is 0 Å². The molecule has 0 unspecified atom stereocenters. The molecule has 0 saturated carbocycles. The first-order chi connectivity index (χ1) is 11.7. The molecule has 0 spiro atoms. The van der Waals surface area contributed by atoms with Gasteiger partial charge in [-0.05, 0) is 29.5 Å². The molecule has 0 bridgehead atoms. The van der Waals surface area contributed by atoms with Crippen LogP contribution in [0.25, 0.3) is 11.4 Å². The molecule has 0 aliphatic carbocycles. The van der Waals surface area contributed by atoms with E-state index in [-0.39, 0.29) is 5.91 Å². The van der Waals surface area contributed by atoms with Gasteiger partial charge in [0.1, 0.15) is 5.82 Å². The number of pyridine rings is 1. The molecule has 24 heavy (non-hydrogen) atoms. The Morgan fingerprint density at radius 2 is 2.33 bits per heavy atom. The number of hydrogen-bond acceptors (Lipinski definition) is 8. The molecular formula is C14H16N8O2. The van der Waals surface area contributed by atoms with Crippen LogP contribution in [0.2, 0.25) is 0 Å². The number of aryl methyl sites for hydroxylation is 2. The first-order valence-corrected chi connectivity index (χ1v) is 7.45. The van der Waals surface area contributed by atoms with E-state index in [1.54, 1.807) is 30.1 Å². The smallest absolute Gasteiger partial charge is 0.228 e. The van der Waals surface area contributed by atoms with Gasteiger partial charge in [-0.15, -0.1) is 5.10 Å². The summed E-state index contributed by atoms with van der Waals surface area (Å²) in [6.45, 7) is 2.64. The Labute approximate surface area is 137 Å². The van der Waals surface area contributed by atoms with Crippen LogP contribution in [0, 0.1) is 6.92 Å². The Hall–Kier alpha value is -3.17. The second-order valence-electron chi connectivity index (χ2n) is 5.05. The highest BCUT2D eigenvalue weighted by Gasteiger charge is 2.09. The van der Waals surface area contributed by atoms with Crippen LogP contribution in [0.4, 0.5) is 0 Å². The maximum Gasteiger partial charge on any atom is 0.228 e. The Kier molecular flexibility index (Phi) is 4.84. The largest absolute Gasteiger partial charge is 0.356 e. The normalized spacial score (nSPS) is 10.7. The number of carbonyl (C=O) groups excluding carboxylic acids is 1. The number of carbonyl (C=O) groups is 1. The zero-order valence-corrected chi connectivity index (χ0v) is 13.1. The van der Waals surface area contributed by atoms with Crippen LogP contribution in [0.5, 0.6) is 0 Å². The molecule has 124 valence electrons. The molecule has 1 N–H and O–H groups in total. The van der Waals surface area contributed by atoms with E-state index in [0.717, 1.165) is 5.56 Å². The van der Waals surface area contributed by atoms with Gasteiger partial charge in [-0.1, -0.05) is 5.16 Å². The molecule has 0 radical (unpaired) electrons. The molecule has 3 aromatic heterocycles. The number of rotatable bonds is 7. The summed E-state index contributed by atoms with van der Waals surface area (Å²) >= 11 is 0. The Balaban J connectivity index is 1.42. The molecule has 0 saturated heterocycles. The van der Waals surface area contributed by atoms with Crippen molar-refractivity contribution in [2.24, 2.45) is 0 Å². The van der Waals surface area contributed by atoms with Crippen LogP contribution in [-0.2, 0) is 17.8 Å². The van der Waals surface area contributed by atoms with Crippen molar-refractivity contribution in [1.82, 2.24) is 40.6 Å². The van der Waals surface area contributed by atoms with Crippen LogP contribution in [0.1, 0.15) is 18.1 Å². The summed E-state index contributed by atoms with van der Waals surface area (Å²) in [5.74, 6) is 1.54. The molecule has 3 aromatic rings. The van der Waals surface area contributed by atoms with Crippen molar-refractivity contribution in [3.8, 4) is 11.4 Å². The Morgan fingerprint density at radius 1 is 1.42 bits per heavy atom. The molecule has 0 aliphatic heterocycles. The molecule has 10 nitrogen and oxygen atoms in total. The zero-order chi connectivity index (χ0) is 16.8. The summed E-state index contributed by atoms with van der Waals surface area (Å²) in [4.78, 5) is 20.1. The van der Waals surface area contributed by atoms with Crippen LogP contribution in [0.15, 0.2) is 29.0 Å². The lowest BCUT2D eigenvalue weighted by Crippen LogP contribution is -2.27. The van der Waals surface area contributed by atoms with Crippen LogP contribution >= 0.6 is 0 Å². The zero-order valence-electron chi connectivity index (χ0n) is 13.1. The number of hydrogen-bond donors (Lipinski definition) is 1. The summed E-state index contributed by atoms with van der Waals surface area (Å²) < 4.78 is 6.75. The standard InChI is InChI=1S/C14H16N8O2/c1-10-18-20-21-22(10)8-5-12(23)16-7-4-13-17-14(19-24-13)11-3-2-6-15-9-11/h2-3,6,9H,4-5,7-8H2,1H3,(H,16,23). The van der Waals surface area contributed by atoms with E-state index in [1.807, 2.05) is 6.07 Å². The van der Waals surface area contributed by atoms with Crippen molar-refractivity contribution in [2.75, 3.05) is 6.54 Å². The second-order valence-corrected chi connectivity index (χ2v) is 5.05. The third kappa shape index (κ3) is 3.97. The third-order valence-corrected chi connectivity index (χ3v) is 3.31. The fraction of sp³-hybridized carbons (Fsp3) is 0.357. The summed E-state index contributed by atoms with van der Waals surface area (Å²) in [5, 5.41) is 17.8. The van der Waals surface area contributed by atoms with Gasteiger partial charge in [0.05, 0.1) is 6.54 Å². The van der Waals surface area contributed by atoms with E-state index in [0.29, 0.717) is 43.5 Å². The minimum Gasteiger partial charge on any atom is -0.356 e. The maximum absolute atomic E-state index is 11.8. The van der Waals surface area contributed by atoms with Crippen molar-refractivity contribution in [3.63, 3.8) is 0 Å². The number of tetrazole rings is 1. The molecule has 3 rings (SSSR count). The quantitative estimate of drug-likeness (QED) is 0.651. The molecule has 0 fully saturated rings. The van der Waals surface area contributed by atoms with Crippen molar-refractivity contribution in [1.29, 1.82) is 0 Å². The van der Waals surface area contributed by atoms with Gasteiger partial charge in [-0.3, -0.25) is 9.78 Å². The van der Waals surface area contributed by atoms with Gasteiger partial charge in [0.2, 0.25) is 17.6 Å². The van der Waals surface area contributed by atoms with Gasteiger partial charge in [0.25, 0.3) is 0 Å². The predicted octanol–water partition coefficient (Wildman–Crippen LogP) is 0.176. The topological polar surface area (TPSA) is 125 Å². The van der Waals surface area contributed by atoms with Crippen molar-refractivity contribution >= 4 is 5.91 Å². The Bertz CT molecular complexity index is 798. The first kappa shape index (κ1) is 15.7. The van der Waals surface area contributed by atoms with Gasteiger partial charge >= 0.3 is 0 Å². The molecule has 3 heterocycles. The summed E-state index contributed by atoms with van der Waals surface area (Å²) in [7, 11) is 0. The van der Waals surface area contributed by atoms with Crippen molar-refractivity contribution < 1.29 is 9.32 Å². The van der Waals surface area contributed by atoms with Gasteiger partial charge < -0.3 is 9.84 Å². The predicted molar refractivity (Wildman–Crippen MR) is 81.4 cm³/mol. The number of nitrogens with one attached hydrogen (secondary N) is 1. The van der Waals surface area contributed by atoms with E-state index in [1.165, 1.54) is 0 Å². The van der Waals surface area contributed by atoms with E-state index in [9.17, 15) is 4.79 Å². The molecule has 1 amide bonds. The van der Waals surface area contributed by atoms with Crippen molar-refractivity contribution in [2.45, 2.75) is 26.3 Å². The maximum atomic E-state index is 11.8. The van der Waals surface area contributed by atoms with Crippen LogP contribution < -0.4 is 5.32 Å². The summed E-state index contributed by atoms with van der Waals surface area (Å²) in [5.41, 5.74) is 0.786. The average molecular weight is 328 g/mol. The molecular weight excluding hydrogens is 312 g/mol. The lowest BCUT2D eigenvalue weighted by atomic mass is 10.3. The highest BCUT2D eigenvalue weighted by molar-refractivity contribution is 5.75. The Morgan fingerprint density at radius 3 is 3.08 bits per heavy atom. The minimum atomic E-state index is -0.0862. The lowest BCUT2D eigenvalue weighted by Gasteiger charge is -2.03. The average Bonchev–Trinajstić information content (AvgIpc) is 3.23. The van der Waals surface area contributed by atoms with Gasteiger partial charge in [-0.25, -0.2) is 4.68 Å². The SMILES string of the molecule is Cc1nnnn1CCC(=O)NCCc1nc(-c2cccnc2)no1. The minimum absolute atomic E-state index is 0.0862. The highest BCUT2D eigenvalue weighted by atomic mass is 16.5. The first-order valence-electron chi connectivity index (χ1n) is 7.45. The van der Waals surface area contributed by atoms with Crippen molar-refractivity contribution in [3.05, 3.63) is 36.2 Å². The molecule has 10 heteroatoms. The monoisotopic (exact) mass is 328 g/mol. The van der Waals surface area contributed by atoms with Gasteiger partial charge in [-0.2, -0.15) is 4.98 Å². The van der Waals surface area contributed by atoms with Crippen LogP contribution in [0.3, 0.4) is 0 Å². The third-order valence-electron chi connectivity index (χ3n) is 3.31. The van der Waals surface area contributed by atoms with E-state index >= 15 is 0 Å². The molecule has 0 aliphatic rings. The number of nitrogens with zero attached hydrogens (tertiary/aromatic N) is 7. The summed E-state index contributed by atoms with van der Waals surface area (Å²) in [6.07, 6.45) is 4.11. The fourth-order valence-corrected chi connectivity index (χ4v) is 2.03. The lowest BCUT2D eigenvalue weighted by molar-refractivity contribution is -0.121. The summed E-state index contributed by atoms with van der Waals surface area (Å²) in [6, 6.07) is 3.66. The van der Waals surface area contributed by atoms with Gasteiger partial charge in [0, 0.05) is 37.3 Å². The van der Waals surface area contributed by atoms with E-state index in [4.69, 9.17) is 4.52 Å². The fourth-order valence-electron chi connectivity index (χ4n) is 2.03. The van der Waals surface area contributed by atoms with E-state index < -0.39 is 0 Å². The molecule has 0 aromatic carbocycles. The van der Waals surface area contributed by atoms with E-state index in [2.05, 4.69) is 36.0 Å². The van der Waals surface area contributed by atoms with Crippen LogP contribution in [-0.4, -0.2) is 47.8 Å². The number of amides is 1. The molecule has 0 atom stereocenters. The number of aromatic nitrogens is 7. The highest BCUT2D eigenvalue weighted by Crippen LogP contribution is 2.13. The second kappa shape index (κ2) is 7.40.